The SMILES string of the molecule is O=C(NCCc1ccccn1)Oc1cc(-c2cccs2)on1. The minimum absolute atomic E-state index is 0.138. The summed E-state index contributed by atoms with van der Waals surface area (Å²) in [6.07, 6.45) is 1.78. The van der Waals surface area contributed by atoms with Gasteiger partial charge in [0.25, 0.3) is 5.88 Å². The van der Waals surface area contributed by atoms with Gasteiger partial charge in [-0.3, -0.25) is 4.98 Å². The molecule has 0 aliphatic heterocycles. The molecule has 0 fully saturated rings. The van der Waals surface area contributed by atoms with Crippen molar-refractivity contribution in [1.29, 1.82) is 0 Å². The van der Waals surface area contributed by atoms with E-state index in [4.69, 9.17) is 9.26 Å². The third kappa shape index (κ3) is 3.70. The average molecular weight is 315 g/mol. The van der Waals surface area contributed by atoms with Gasteiger partial charge in [-0.2, -0.15) is 0 Å². The van der Waals surface area contributed by atoms with E-state index in [1.807, 2.05) is 35.7 Å². The molecule has 112 valence electrons. The van der Waals surface area contributed by atoms with Gasteiger partial charge in [-0.05, 0) is 28.7 Å². The summed E-state index contributed by atoms with van der Waals surface area (Å²) in [6, 6.07) is 11.1. The van der Waals surface area contributed by atoms with E-state index >= 15 is 0 Å². The number of rotatable bonds is 5. The second-order valence-corrected chi connectivity index (χ2v) is 5.34. The molecule has 1 amide bonds. The number of thiophene rings is 1. The lowest BCUT2D eigenvalue weighted by Gasteiger charge is -2.03. The monoisotopic (exact) mass is 315 g/mol. The van der Waals surface area contributed by atoms with Crippen LogP contribution in [0.2, 0.25) is 0 Å². The summed E-state index contributed by atoms with van der Waals surface area (Å²) in [5, 5.41) is 8.29. The normalized spacial score (nSPS) is 10.4. The average Bonchev–Trinajstić information content (AvgIpc) is 3.19. The highest BCUT2D eigenvalue weighted by atomic mass is 32.1. The van der Waals surface area contributed by atoms with Crippen LogP contribution in [-0.4, -0.2) is 22.8 Å². The molecule has 3 aromatic rings. The van der Waals surface area contributed by atoms with E-state index in [2.05, 4.69) is 15.5 Å². The second-order valence-electron chi connectivity index (χ2n) is 4.39. The highest BCUT2D eigenvalue weighted by molar-refractivity contribution is 7.13. The highest BCUT2D eigenvalue weighted by Crippen LogP contribution is 2.27. The van der Waals surface area contributed by atoms with Crippen LogP contribution in [-0.2, 0) is 6.42 Å². The number of nitrogens with one attached hydrogen (secondary N) is 1. The zero-order valence-corrected chi connectivity index (χ0v) is 12.4. The number of ether oxygens (including phenoxy) is 1. The van der Waals surface area contributed by atoms with Gasteiger partial charge in [-0.15, -0.1) is 11.3 Å². The zero-order valence-electron chi connectivity index (χ0n) is 11.6. The molecule has 0 bridgehead atoms. The Labute approximate surface area is 130 Å². The van der Waals surface area contributed by atoms with Gasteiger partial charge in [-0.25, -0.2) is 4.79 Å². The van der Waals surface area contributed by atoms with Crippen LogP contribution in [0.4, 0.5) is 4.79 Å². The summed E-state index contributed by atoms with van der Waals surface area (Å²) < 4.78 is 10.2. The fourth-order valence-corrected chi connectivity index (χ4v) is 2.48. The molecule has 3 aromatic heterocycles. The van der Waals surface area contributed by atoms with Gasteiger partial charge >= 0.3 is 6.09 Å². The van der Waals surface area contributed by atoms with E-state index in [0.29, 0.717) is 18.7 Å². The summed E-state index contributed by atoms with van der Waals surface area (Å²) >= 11 is 1.52. The molecular weight excluding hydrogens is 302 g/mol. The Morgan fingerprint density at radius 3 is 3.05 bits per heavy atom. The van der Waals surface area contributed by atoms with Gasteiger partial charge in [0.1, 0.15) is 0 Å². The standard InChI is InChI=1S/C15H13N3O3S/c19-15(17-8-6-11-4-1-2-7-16-11)20-14-10-12(21-18-14)13-5-3-9-22-13/h1-5,7,9-10H,6,8H2,(H,17,19). The molecule has 0 radical (unpaired) electrons. The first-order chi connectivity index (χ1) is 10.8. The summed E-state index contributed by atoms with van der Waals surface area (Å²) in [6.45, 7) is 0.436. The van der Waals surface area contributed by atoms with E-state index in [1.54, 1.807) is 12.3 Å². The maximum atomic E-state index is 11.7. The Kier molecular flexibility index (Phi) is 4.45. The molecule has 22 heavy (non-hydrogen) atoms. The molecule has 3 rings (SSSR count). The van der Waals surface area contributed by atoms with Crippen molar-refractivity contribution < 1.29 is 14.1 Å². The predicted molar refractivity (Wildman–Crippen MR) is 81.8 cm³/mol. The number of hydrogen-bond donors (Lipinski definition) is 1. The van der Waals surface area contributed by atoms with Crippen LogP contribution < -0.4 is 10.1 Å². The summed E-state index contributed by atoms with van der Waals surface area (Å²) in [5.74, 6) is 0.713. The first kappa shape index (κ1) is 14.3. The number of aromatic nitrogens is 2. The Balaban J connectivity index is 1.48. The first-order valence-corrected chi connectivity index (χ1v) is 7.55. The summed E-state index contributed by atoms with van der Waals surface area (Å²) in [4.78, 5) is 16.8. The molecule has 0 spiro atoms. The molecule has 0 aromatic carbocycles. The van der Waals surface area contributed by atoms with Crippen molar-refractivity contribution in [2.45, 2.75) is 6.42 Å². The number of carbonyl (C=O) groups excluding carboxylic acids is 1. The zero-order chi connectivity index (χ0) is 15.2. The van der Waals surface area contributed by atoms with Crippen molar-refractivity contribution >= 4 is 17.4 Å². The van der Waals surface area contributed by atoms with Gasteiger partial charge in [0, 0.05) is 24.9 Å². The minimum atomic E-state index is -0.568. The molecule has 0 atom stereocenters. The fraction of sp³-hybridized carbons (Fsp3) is 0.133. The number of hydrogen-bond acceptors (Lipinski definition) is 6. The molecule has 1 N–H and O–H groups in total. The van der Waals surface area contributed by atoms with Gasteiger partial charge in [0.2, 0.25) is 0 Å². The molecule has 7 heteroatoms. The molecule has 0 aliphatic rings. The van der Waals surface area contributed by atoms with Crippen LogP contribution >= 0.6 is 11.3 Å². The Morgan fingerprint density at radius 1 is 1.32 bits per heavy atom. The van der Waals surface area contributed by atoms with Crippen LogP contribution in [0.3, 0.4) is 0 Å². The first-order valence-electron chi connectivity index (χ1n) is 6.67. The summed E-state index contributed by atoms with van der Waals surface area (Å²) in [7, 11) is 0. The minimum Gasteiger partial charge on any atom is -0.388 e. The number of amides is 1. The van der Waals surface area contributed by atoms with Gasteiger partial charge < -0.3 is 14.6 Å². The van der Waals surface area contributed by atoms with Crippen molar-refractivity contribution in [3.05, 3.63) is 53.7 Å². The molecule has 6 nitrogen and oxygen atoms in total. The van der Waals surface area contributed by atoms with E-state index in [1.165, 1.54) is 11.3 Å². The molecule has 0 aliphatic carbocycles. The number of nitrogens with zero attached hydrogens (tertiary/aromatic N) is 2. The lowest BCUT2D eigenvalue weighted by molar-refractivity contribution is 0.196. The van der Waals surface area contributed by atoms with Crippen molar-refractivity contribution in [2.75, 3.05) is 6.54 Å². The molecule has 0 unspecified atom stereocenters. The highest BCUT2D eigenvalue weighted by Gasteiger charge is 2.11. The van der Waals surface area contributed by atoms with Crippen LogP contribution in [0.15, 0.2) is 52.5 Å². The molecular formula is C15H13N3O3S. The van der Waals surface area contributed by atoms with E-state index in [-0.39, 0.29) is 5.88 Å². The van der Waals surface area contributed by atoms with Gasteiger partial charge in [0.15, 0.2) is 5.76 Å². The molecule has 0 saturated heterocycles. The van der Waals surface area contributed by atoms with E-state index in [0.717, 1.165) is 10.6 Å². The smallest absolute Gasteiger partial charge is 0.388 e. The summed E-state index contributed by atoms with van der Waals surface area (Å²) in [5.41, 5.74) is 0.907. The fourth-order valence-electron chi connectivity index (χ4n) is 1.81. The van der Waals surface area contributed by atoms with Gasteiger partial charge in [0.05, 0.1) is 10.9 Å². The van der Waals surface area contributed by atoms with Crippen LogP contribution in [0, 0.1) is 0 Å². The maximum absolute atomic E-state index is 11.7. The van der Waals surface area contributed by atoms with Crippen LogP contribution in [0.5, 0.6) is 5.88 Å². The Bertz CT molecular complexity index is 726. The van der Waals surface area contributed by atoms with Crippen molar-refractivity contribution in [2.24, 2.45) is 0 Å². The topological polar surface area (TPSA) is 77.2 Å². The second kappa shape index (κ2) is 6.86. The Hall–Kier alpha value is -2.67. The van der Waals surface area contributed by atoms with Crippen LogP contribution in [0.25, 0.3) is 10.6 Å². The largest absolute Gasteiger partial charge is 0.414 e. The van der Waals surface area contributed by atoms with Crippen molar-refractivity contribution in [3.63, 3.8) is 0 Å². The van der Waals surface area contributed by atoms with E-state index < -0.39 is 6.09 Å². The quantitative estimate of drug-likeness (QED) is 0.782. The van der Waals surface area contributed by atoms with Crippen molar-refractivity contribution in [1.82, 2.24) is 15.5 Å². The number of pyridine rings is 1. The maximum Gasteiger partial charge on any atom is 0.414 e. The lowest BCUT2D eigenvalue weighted by atomic mass is 10.3. The lowest BCUT2D eigenvalue weighted by Crippen LogP contribution is -2.29. The molecule has 3 heterocycles. The third-order valence-corrected chi connectivity index (χ3v) is 3.71. The van der Waals surface area contributed by atoms with Gasteiger partial charge in [-0.1, -0.05) is 12.1 Å². The van der Waals surface area contributed by atoms with Crippen LogP contribution in [0.1, 0.15) is 5.69 Å². The van der Waals surface area contributed by atoms with Crippen molar-refractivity contribution in [3.8, 4) is 16.5 Å². The predicted octanol–water partition coefficient (Wildman–Crippen LogP) is 3.13. The molecule has 0 saturated carbocycles. The Morgan fingerprint density at radius 2 is 2.27 bits per heavy atom. The number of carbonyl (C=O) groups is 1. The van der Waals surface area contributed by atoms with E-state index in [9.17, 15) is 4.79 Å². The third-order valence-electron chi connectivity index (χ3n) is 2.83.